The van der Waals surface area contributed by atoms with E-state index in [1.165, 1.54) is 6.92 Å². The van der Waals surface area contributed by atoms with Gasteiger partial charge in [-0.2, -0.15) is 0 Å². The van der Waals surface area contributed by atoms with Crippen molar-refractivity contribution in [2.75, 3.05) is 5.32 Å². The summed E-state index contributed by atoms with van der Waals surface area (Å²) < 4.78 is 0. The van der Waals surface area contributed by atoms with E-state index in [2.05, 4.69) is 19.2 Å². The number of carbonyl (C=O) groups excluding carboxylic acids is 2. The Balaban J connectivity index is 2.19. The van der Waals surface area contributed by atoms with Gasteiger partial charge in [0.15, 0.2) is 5.78 Å². The van der Waals surface area contributed by atoms with Crippen LogP contribution in [0.1, 0.15) is 49.0 Å². The summed E-state index contributed by atoms with van der Waals surface area (Å²) in [7, 11) is 0. The second kappa shape index (κ2) is 7.73. The second-order valence-electron chi connectivity index (χ2n) is 5.90. The standard InChI is InChI=1S/C20H23NO2/c1-4-14(2)19(17-8-6-5-7-9-17)20(23)21-18-12-10-16(11-13-18)15(3)22/h5-14,19H,4H2,1-3H3,(H,21,23). The quantitative estimate of drug-likeness (QED) is 0.789. The molecule has 0 aliphatic rings. The molecule has 0 saturated carbocycles. The summed E-state index contributed by atoms with van der Waals surface area (Å²) >= 11 is 0. The molecular weight excluding hydrogens is 286 g/mol. The van der Waals surface area contributed by atoms with Gasteiger partial charge in [-0.3, -0.25) is 9.59 Å². The molecule has 0 spiro atoms. The number of hydrogen-bond donors (Lipinski definition) is 1. The smallest absolute Gasteiger partial charge is 0.232 e. The minimum atomic E-state index is -0.186. The van der Waals surface area contributed by atoms with Crippen molar-refractivity contribution < 1.29 is 9.59 Å². The Kier molecular flexibility index (Phi) is 5.69. The highest BCUT2D eigenvalue weighted by atomic mass is 16.2. The van der Waals surface area contributed by atoms with Crippen molar-refractivity contribution in [2.24, 2.45) is 5.92 Å². The normalized spacial score (nSPS) is 13.2. The second-order valence-corrected chi connectivity index (χ2v) is 5.90. The zero-order valence-corrected chi connectivity index (χ0v) is 13.9. The lowest BCUT2D eigenvalue weighted by Gasteiger charge is -2.22. The summed E-state index contributed by atoms with van der Waals surface area (Å²) in [4.78, 5) is 24.1. The Morgan fingerprint density at radius 2 is 1.61 bits per heavy atom. The van der Waals surface area contributed by atoms with Gasteiger partial charge in [-0.15, -0.1) is 0 Å². The van der Waals surface area contributed by atoms with Crippen LogP contribution in [0.3, 0.4) is 0 Å². The van der Waals surface area contributed by atoms with Crippen molar-refractivity contribution in [3.05, 3.63) is 65.7 Å². The third-order valence-corrected chi connectivity index (χ3v) is 4.21. The molecule has 0 fully saturated rings. The Morgan fingerprint density at radius 1 is 1.00 bits per heavy atom. The molecule has 0 radical (unpaired) electrons. The maximum atomic E-state index is 12.8. The minimum absolute atomic E-state index is 0.0128. The van der Waals surface area contributed by atoms with Gasteiger partial charge in [-0.25, -0.2) is 0 Å². The topological polar surface area (TPSA) is 46.2 Å². The number of ketones is 1. The monoisotopic (exact) mass is 309 g/mol. The maximum Gasteiger partial charge on any atom is 0.232 e. The summed E-state index contributed by atoms with van der Waals surface area (Å²) in [6.07, 6.45) is 0.927. The van der Waals surface area contributed by atoms with Gasteiger partial charge in [0.2, 0.25) is 5.91 Å². The van der Waals surface area contributed by atoms with E-state index >= 15 is 0 Å². The molecule has 0 aliphatic heterocycles. The Labute approximate surface area is 137 Å². The van der Waals surface area contributed by atoms with Crippen molar-refractivity contribution in [3.63, 3.8) is 0 Å². The predicted octanol–water partition coefficient (Wildman–Crippen LogP) is 4.66. The Bertz CT molecular complexity index is 662. The van der Waals surface area contributed by atoms with Gasteiger partial charge in [0.05, 0.1) is 5.92 Å². The number of anilines is 1. The van der Waals surface area contributed by atoms with Crippen molar-refractivity contribution in [2.45, 2.75) is 33.1 Å². The fraction of sp³-hybridized carbons (Fsp3) is 0.300. The fourth-order valence-corrected chi connectivity index (χ4v) is 2.64. The summed E-state index contributed by atoms with van der Waals surface area (Å²) in [5.41, 5.74) is 2.38. The minimum Gasteiger partial charge on any atom is -0.326 e. The molecule has 0 bridgehead atoms. The number of hydrogen-bond acceptors (Lipinski definition) is 2. The van der Waals surface area contributed by atoms with Gasteiger partial charge in [0.25, 0.3) is 0 Å². The van der Waals surface area contributed by atoms with Crippen LogP contribution in [0.4, 0.5) is 5.69 Å². The first-order valence-corrected chi connectivity index (χ1v) is 7.99. The molecule has 0 saturated heterocycles. The van der Waals surface area contributed by atoms with Crippen molar-refractivity contribution in [1.82, 2.24) is 0 Å². The number of Topliss-reactive ketones (excluding diaryl/α,β-unsaturated/α-hetero) is 1. The molecule has 2 aromatic carbocycles. The molecule has 2 atom stereocenters. The molecule has 2 aromatic rings. The number of carbonyl (C=O) groups is 2. The van der Waals surface area contributed by atoms with Crippen LogP contribution in [0, 0.1) is 5.92 Å². The largest absolute Gasteiger partial charge is 0.326 e. The third-order valence-electron chi connectivity index (χ3n) is 4.21. The average molecular weight is 309 g/mol. The van der Waals surface area contributed by atoms with Gasteiger partial charge in [-0.1, -0.05) is 50.6 Å². The number of nitrogens with one attached hydrogen (secondary N) is 1. The van der Waals surface area contributed by atoms with Crippen molar-refractivity contribution >= 4 is 17.4 Å². The van der Waals surface area contributed by atoms with Crippen LogP contribution in [0.25, 0.3) is 0 Å². The lowest BCUT2D eigenvalue weighted by Crippen LogP contribution is -2.26. The van der Waals surface area contributed by atoms with Crippen LogP contribution in [0.15, 0.2) is 54.6 Å². The molecule has 3 heteroatoms. The van der Waals surface area contributed by atoms with E-state index in [0.29, 0.717) is 11.3 Å². The first-order chi connectivity index (χ1) is 11.0. The molecule has 23 heavy (non-hydrogen) atoms. The van der Waals surface area contributed by atoms with E-state index in [0.717, 1.165) is 12.0 Å². The molecule has 1 amide bonds. The van der Waals surface area contributed by atoms with Gasteiger partial charge in [0.1, 0.15) is 0 Å². The summed E-state index contributed by atoms with van der Waals surface area (Å²) in [5, 5.41) is 2.97. The van der Waals surface area contributed by atoms with Crippen LogP contribution in [-0.4, -0.2) is 11.7 Å². The molecule has 3 nitrogen and oxygen atoms in total. The Hall–Kier alpha value is -2.42. The lowest BCUT2D eigenvalue weighted by atomic mass is 9.85. The molecule has 120 valence electrons. The van der Waals surface area contributed by atoms with Gasteiger partial charge >= 0.3 is 0 Å². The van der Waals surface area contributed by atoms with E-state index in [-0.39, 0.29) is 23.5 Å². The van der Waals surface area contributed by atoms with Gasteiger partial charge < -0.3 is 5.32 Å². The average Bonchev–Trinajstić information content (AvgIpc) is 2.56. The Morgan fingerprint density at radius 3 is 2.13 bits per heavy atom. The van der Waals surface area contributed by atoms with E-state index in [4.69, 9.17) is 0 Å². The first-order valence-electron chi connectivity index (χ1n) is 7.99. The lowest BCUT2D eigenvalue weighted by molar-refractivity contribution is -0.118. The molecule has 1 N–H and O–H groups in total. The van der Waals surface area contributed by atoms with E-state index in [9.17, 15) is 9.59 Å². The van der Waals surface area contributed by atoms with E-state index in [1.807, 2.05) is 30.3 Å². The molecule has 0 aromatic heterocycles. The first kappa shape index (κ1) is 16.9. The predicted molar refractivity (Wildman–Crippen MR) is 93.7 cm³/mol. The molecule has 0 heterocycles. The highest BCUT2D eigenvalue weighted by Gasteiger charge is 2.25. The van der Waals surface area contributed by atoms with Gasteiger partial charge in [-0.05, 0) is 42.7 Å². The van der Waals surface area contributed by atoms with Crippen LogP contribution >= 0.6 is 0 Å². The summed E-state index contributed by atoms with van der Waals surface area (Å²) in [5.74, 6) is 0.0633. The van der Waals surface area contributed by atoms with Crippen molar-refractivity contribution in [3.8, 4) is 0 Å². The third kappa shape index (κ3) is 4.28. The number of benzene rings is 2. The number of rotatable bonds is 6. The van der Waals surface area contributed by atoms with E-state index < -0.39 is 0 Å². The molecule has 2 rings (SSSR count). The van der Waals surface area contributed by atoms with Crippen LogP contribution in [0.5, 0.6) is 0 Å². The SMILES string of the molecule is CCC(C)C(C(=O)Nc1ccc(C(C)=O)cc1)c1ccccc1. The van der Waals surface area contributed by atoms with E-state index in [1.54, 1.807) is 24.3 Å². The van der Waals surface area contributed by atoms with Crippen LogP contribution in [0.2, 0.25) is 0 Å². The fourth-order valence-electron chi connectivity index (χ4n) is 2.64. The maximum absolute atomic E-state index is 12.8. The van der Waals surface area contributed by atoms with Crippen molar-refractivity contribution in [1.29, 1.82) is 0 Å². The molecule has 0 aliphatic carbocycles. The van der Waals surface area contributed by atoms with Crippen LogP contribution in [-0.2, 0) is 4.79 Å². The summed E-state index contributed by atoms with van der Waals surface area (Å²) in [6.45, 7) is 5.72. The highest BCUT2D eigenvalue weighted by Crippen LogP contribution is 2.28. The molecular formula is C20H23NO2. The highest BCUT2D eigenvalue weighted by molar-refractivity contribution is 5.97. The van der Waals surface area contributed by atoms with Crippen LogP contribution < -0.4 is 5.32 Å². The number of amides is 1. The molecule has 2 unspecified atom stereocenters. The summed E-state index contributed by atoms with van der Waals surface area (Å²) in [6, 6.07) is 16.9. The zero-order valence-electron chi connectivity index (χ0n) is 13.9. The zero-order chi connectivity index (χ0) is 16.8. The van der Waals surface area contributed by atoms with Gasteiger partial charge in [0, 0.05) is 11.3 Å².